The van der Waals surface area contributed by atoms with Crippen molar-refractivity contribution in [3.05, 3.63) is 6.92 Å². The molecule has 0 aromatic heterocycles. The van der Waals surface area contributed by atoms with Crippen LogP contribution in [0.4, 0.5) is 0 Å². The molecule has 0 fully saturated rings. The van der Waals surface area contributed by atoms with Gasteiger partial charge in [-0.2, -0.15) is 0 Å². The Bertz CT molecular complexity index is 83.4. The molecule has 0 saturated heterocycles. The fraction of sp³-hybridized carbons (Fsp3) is 0.571. The number of terminal acetylenes is 1. The first-order valence-corrected chi connectivity index (χ1v) is 2.80. The number of hydrogen-bond acceptors (Lipinski definition) is 2. The quantitative estimate of drug-likeness (QED) is 0.395. The minimum atomic E-state index is 0.362. The first-order valence-electron chi connectivity index (χ1n) is 2.80. The fourth-order valence-corrected chi connectivity index (χ4v) is 0.351. The minimum Gasteiger partial charge on any atom is -0.379 e. The minimum absolute atomic E-state index is 0.362. The van der Waals surface area contributed by atoms with Gasteiger partial charge in [-0.25, -0.2) is 0 Å². The van der Waals surface area contributed by atoms with Crippen LogP contribution in [0, 0.1) is 19.3 Å². The lowest BCUT2D eigenvalue weighted by molar-refractivity contribution is 0.0723. The van der Waals surface area contributed by atoms with Gasteiger partial charge < -0.3 is 9.47 Å². The van der Waals surface area contributed by atoms with E-state index in [0.717, 1.165) is 0 Å². The maximum absolute atomic E-state index is 4.92. The molecule has 0 aliphatic heterocycles. The summed E-state index contributed by atoms with van der Waals surface area (Å²) in [7, 11) is 0. The molecule has 1 radical (unpaired) electrons. The lowest BCUT2D eigenvalue weighted by Crippen LogP contribution is -2.03. The van der Waals surface area contributed by atoms with Crippen LogP contribution in [0.5, 0.6) is 0 Å². The van der Waals surface area contributed by atoms with E-state index in [1.165, 1.54) is 0 Å². The van der Waals surface area contributed by atoms with Crippen LogP contribution in [0.2, 0.25) is 0 Å². The molecule has 2 heteroatoms. The second kappa shape index (κ2) is 7.48. The molecule has 0 heterocycles. The van der Waals surface area contributed by atoms with Crippen LogP contribution in [0.3, 0.4) is 0 Å². The molecule has 0 atom stereocenters. The van der Waals surface area contributed by atoms with Crippen molar-refractivity contribution in [2.75, 3.05) is 26.4 Å². The summed E-state index contributed by atoms with van der Waals surface area (Å²) in [5.41, 5.74) is 0. The van der Waals surface area contributed by atoms with Crippen LogP contribution in [0.1, 0.15) is 0 Å². The van der Waals surface area contributed by atoms with Gasteiger partial charge in [0.2, 0.25) is 0 Å². The predicted octanol–water partition coefficient (Wildman–Crippen LogP) is 0.487. The summed E-state index contributed by atoms with van der Waals surface area (Å²) in [4.78, 5) is 0. The van der Waals surface area contributed by atoms with Crippen LogP contribution in [0.25, 0.3) is 0 Å². The average molecular weight is 127 g/mol. The van der Waals surface area contributed by atoms with Gasteiger partial charge in [0.05, 0.1) is 13.2 Å². The van der Waals surface area contributed by atoms with Crippen molar-refractivity contribution in [3.63, 3.8) is 0 Å². The monoisotopic (exact) mass is 127 g/mol. The van der Waals surface area contributed by atoms with Crippen LogP contribution >= 0.6 is 0 Å². The number of ether oxygens (including phenoxy) is 2. The molecule has 0 amide bonds. The highest BCUT2D eigenvalue weighted by Crippen LogP contribution is 1.75. The van der Waals surface area contributed by atoms with E-state index in [0.29, 0.717) is 26.4 Å². The van der Waals surface area contributed by atoms with E-state index in [4.69, 9.17) is 15.9 Å². The molecule has 0 spiro atoms. The van der Waals surface area contributed by atoms with E-state index < -0.39 is 0 Å². The molecule has 0 aliphatic carbocycles. The van der Waals surface area contributed by atoms with Gasteiger partial charge in [-0.3, -0.25) is 0 Å². The highest BCUT2D eigenvalue weighted by atomic mass is 16.5. The van der Waals surface area contributed by atoms with Gasteiger partial charge in [0.25, 0.3) is 0 Å². The Morgan fingerprint density at radius 3 is 2.56 bits per heavy atom. The van der Waals surface area contributed by atoms with Crippen molar-refractivity contribution in [2.45, 2.75) is 0 Å². The van der Waals surface area contributed by atoms with E-state index in [1.54, 1.807) is 0 Å². The lowest BCUT2D eigenvalue weighted by atomic mass is 10.7. The Kier molecular flexibility index (Phi) is 7.05. The van der Waals surface area contributed by atoms with Crippen molar-refractivity contribution in [2.24, 2.45) is 0 Å². The Morgan fingerprint density at radius 2 is 2.00 bits per heavy atom. The van der Waals surface area contributed by atoms with E-state index in [2.05, 4.69) is 12.8 Å². The third kappa shape index (κ3) is 7.48. The summed E-state index contributed by atoms with van der Waals surface area (Å²) < 4.78 is 9.77. The molecule has 51 valence electrons. The fourth-order valence-electron chi connectivity index (χ4n) is 0.351. The highest BCUT2D eigenvalue weighted by molar-refractivity contribution is 4.82. The zero-order valence-corrected chi connectivity index (χ0v) is 5.43. The Labute approximate surface area is 56.2 Å². The summed E-state index contributed by atoms with van der Waals surface area (Å²) in [5, 5.41) is 0. The van der Waals surface area contributed by atoms with Crippen LogP contribution < -0.4 is 0 Å². The largest absolute Gasteiger partial charge is 0.379 e. The van der Waals surface area contributed by atoms with Crippen LogP contribution in [-0.4, -0.2) is 26.4 Å². The zero-order chi connectivity index (χ0) is 6.95. The van der Waals surface area contributed by atoms with Gasteiger partial charge in [-0.05, 0) is 6.92 Å². The van der Waals surface area contributed by atoms with Gasteiger partial charge >= 0.3 is 0 Å². The Balaban J connectivity index is 2.69. The summed E-state index contributed by atoms with van der Waals surface area (Å²) in [5.74, 6) is 2.35. The van der Waals surface area contributed by atoms with E-state index in [9.17, 15) is 0 Å². The first kappa shape index (κ1) is 8.48. The third-order valence-electron chi connectivity index (χ3n) is 0.702. The molecular formula is C7H11O2. The molecule has 9 heavy (non-hydrogen) atoms. The van der Waals surface area contributed by atoms with Crippen molar-refractivity contribution in [3.8, 4) is 12.3 Å². The van der Waals surface area contributed by atoms with E-state index in [1.807, 2.05) is 0 Å². The smallest absolute Gasteiger partial charge is 0.107 e. The maximum atomic E-state index is 4.92. The molecule has 0 unspecified atom stereocenters. The highest BCUT2D eigenvalue weighted by Gasteiger charge is 1.82. The SMILES string of the molecule is C#CCOCCOC[CH2]. The first-order chi connectivity index (χ1) is 4.41. The Morgan fingerprint density at radius 1 is 1.33 bits per heavy atom. The summed E-state index contributed by atoms with van der Waals surface area (Å²) in [6.07, 6.45) is 4.92. The molecule has 0 saturated carbocycles. The maximum Gasteiger partial charge on any atom is 0.107 e. The van der Waals surface area contributed by atoms with Crippen molar-refractivity contribution < 1.29 is 9.47 Å². The third-order valence-corrected chi connectivity index (χ3v) is 0.702. The average Bonchev–Trinajstić information content (AvgIpc) is 1.89. The second-order valence-corrected chi connectivity index (χ2v) is 1.37. The molecule has 0 aromatic carbocycles. The van der Waals surface area contributed by atoms with Gasteiger partial charge in [0, 0.05) is 6.61 Å². The topological polar surface area (TPSA) is 18.5 Å². The molecule has 0 aliphatic rings. The molecule has 0 bridgehead atoms. The Hall–Kier alpha value is -0.520. The van der Waals surface area contributed by atoms with E-state index in [-0.39, 0.29) is 0 Å². The van der Waals surface area contributed by atoms with Crippen LogP contribution in [0.15, 0.2) is 0 Å². The van der Waals surface area contributed by atoms with Crippen molar-refractivity contribution in [1.29, 1.82) is 0 Å². The van der Waals surface area contributed by atoms with Gasteiger partial charge in [0.15, 0.2) is 0 Å². The summed E-state index contributed by atoms with van der Waals surface area (Å²) in [6.45, 7) is 5.46. The molecule has 0 rings (SSSR count). The van der Waals surface area contributed by atoms with Gasteiger partial charge in [-0.15, -0.1) is 6.42 Å². The number of hydrogen-bond donors (Lipinski definition) is 0. The number of rotatable bonds is 5. The summed E-state index contributed by atoms with van der Waals surface area (Å²) in [6, 6.07) is 0. The normalized spacial score (nSPS) is 8.89. The van der Waals surface area contributed by atoms with Crippen LogP contribution in [-0.2, 0) is 9.47 Å². The molecular weight excluding hydrogens is 116 g/mol. The van der Waals surface area contributed by atoms with Crippen molar-refractivity contribution in [1.82, 2.24) is 0 Å². The van der Waals surface area contributed by atoms with Gasteiger partial charge in [-0.1, -0.05) is 5.92 Å². The molecule has 2 nitrogen and oxygen atoms in total. The second-order valence-electron chi connectivity index (χ2n) is 1.37. The predicted molar refractivity (Wildman–Crippen MR) is 35.8 cm³/mol. The standard InChI is InChI=1S/C7H11O2/c1-3-5-9-7-6-8-4-2/h1H,2,4-7H2. The molecule has 0 aromatic rings. The molecule has 0 N–H and O–H groups in total. The lowest BCUT2D eigenvalue weighted by Gasteiger charge is -1.98. The van der Waals surface area contributed by atoms with Crippen molar-refractivity contribution >= 4 is 0 Å². The van der Waals surface area contributed by atoms with Gasteiger partial charge in [0.1, 0.15) is 6.61 Å². The van der Waals surface area contributed by atoms with E-state index >= 15 is 0 Å². The zero-order valence-electron chi connectivity index (χ0n) is 5.43. The summed E-state index contributed by atoms with van der Waals surface area (Å²) >= 11 is 0.